The molecule has 0 radical (unpaired) electrons. The van der Waals surface area contributed by atoms with Crippen molar-refractivity contribution in [1.29, 1.82) is 0 Å². The molecule has 4 rings (SSSR count). The second-order valence-electron chi connectivity index (χ2n) is 7.37. The third kappa shape index (κ3) is 3.15. The highest BCUT2D eigenvalue weighted by molar-refractivity contribution is 6.31. The van der Waals surface area contributed by atoms with Crippen molar-refractivity contribution in [2.75, 3.05) is 5.32 Å². The number of nitrogens with one attached hydrogen (secondary N) is 1. The maximum atomic E-state index is 12.4. The Morgan fingerprint density at radius 2 is 1.93 bits per heavy atom. The Balaban J connectivity index is 1.79. The molecule has 1 aliphatic rings. The second-order valence-corrected chi connectivity index (χ2v) is 7.78. The van der Waals surface area contributed by atoms with Crippen LogP contribution in [0.4, 0.5) is 5.82 Å². The summed E-state index contributed by atoms with van der Waals surface area (Å²) in [6, 6.07) is 14.3. The molecule has 27 heavy (non-hydrogen) atoms. The lowest BCUT2D eigenvalue weighted by molar-refractivity contribution is -0.116. The van der Waals surface area contributed by atoms with Crippen LogP contribution >= 0.6 is 11.6 Å². The molecule has 0 aliphatic carbocycles. The quantitative estimate of drug-likeness (QED) is 0.659. The highest BCUT2D eigenvalue weighted by atomic mass is 35.5. The highest BCUT2D eigenvalue weighted by Gasteiger charge is 2.30. The van der Waals surface area contributed by atoms with Crippen LogP contribution in [-0.2, 0) is 4.79 Å². The molecule has 1 N–H and O–H groups in total. The Bertz CT molecular complexity index is 1000. The molecule has 0 saturated carbocycles. The van der Waals surface area contributed by atoms with Crippen molar-refractivity contribution in [2.45, 2.75) is 39.0 Å². The zero-order valence-electron chi connectivity index (χ0n) is 15.7. The van der Waals surface area contributed by atoms with Gasteiger partial charge in [0.15, 0.2) is 0 Å². The summed E-state index contributed by atoms with van der Waals surface area (Å²) in [6.45, 7) is 6.32. The van der Waals surface area contributed by atoms with E-state index < -0.39 is 0 Å². The molecular weight excluding hydrogens is 358 g/mol. The number of carbonyl (C=O) groups excluding carboxylic acids is 1. The number of rotatable bonds is 3. The summed E-state index contributed by atoms with van der Waals surface area (Å²) < 4.78 is 1.78. The van der Waals surface area contributed by atoms with E-state index in [0.717, 1.165) is 28.2 Å². The molecule has 1 aliphatic heterocycles. The first-order chi connectivity index (χ1) is 13.0. The van der Waals surface area contributed by atoms with Crippen LogP contribution in [0, 0.1) is 6.92 Å². The van der Waals surface area contributed by atoms with Crippen LogP contribution in [0.3, 0.4) is 0 Å². The number of nitrogens with zero attached hydrogens (tertiary/aromatic N) is 2. The summed E-state index contributed by atoms with van der Waals surface area (Å²) in [6.07, 6.45) is 2.28. The number of carbonyl (C=O) groups is 1. The molecule has 1 aromatic heterocycles. The van der Waals surface area contributed by atoms with Gasteiger partial charge in [0.25, 0.3) is 0 Å². The number of aromatic nitrogens is 2. The van der Waals surface area contributed by atoms with Gasteiger partial charge < -0.3 is 5.32 Å². The van der Waals surface area contributed by atoms with E-state index in [1.54, 1.807) is 4.68 Å². The molecule has 5 heteroatoms. The minimum atomic E-state index is 0.00173. The smallest absolute Gasteiger partial charge is 0.226 e. The van der Waals surface area contributed by atoms with Crippen molar-refractivity contribution in [1.82, 2.24) is 9.78 Å². The number of hydrogen-bond donors (Lipinski definition) is 1. The number of hydrogen-bond acceptors (Lipinski definition) is 2. The van der Waals surface area contributed by atoms with Crippen LogP contribution in [0.15, 0.2) is 48.7 Å². The summed E-state index contributed by atoms with van der Waals surface area (Å²) >= 11 is 6.28. The first-order valence-corrected chi connectivity index (χ1v) is 9.56. The molecule has 2 heterocycles. The maximum Gasteiger partial charge on any atom is 0.226 e. The largest absolute Gasteiger partial charge is 0.310 e. The molecule has 1 atom stereocenters. The molecule has 0 bridgehead atoms. The zero-order chi connectivity index (χ0) is 19.1. The Labute approximate surface area is 164 Å². The molecule has 2 aromatic carbocycles. The lowest BCUT2D eigenvalue weighted by atomic mass is 9.86. The van der Waals surface area contributed by atoms with Crippen LogP contribution in [0.5, 0.6) is 0 Å². The molecular formula is C22H22ClN3O. The second kappa shape index (κ2) is 6.86. The van der Waals surface area contributed by atoms with Gasteiger partial charge in [-0.15, -0.1) is 0 Å². The van der Waals surface area contributed by atoms with E-state index in [9.17, 15) is 4.79 Å². The molecule has 1 unspecified atom stereocenters. The zero-order valence-corrected chi connectivity index (χ0v) is 16.4. The minimum Gasteiger partial charge on any atom is -0.310 e. The molecule has 138 valence electrons. The van der Waals surface area contributed by atoms with Gasteiger partial charge in [-0.05, 0) is 41.7 Å². The molecule has 1 amide bonds. The van der Waals surface area contributed by atoms with E-state index in [1.165, 1.54) is 5.56 Å². The van der Waals surface area contributed by atoms with Gasteiger partial charge in [0.2, 0.25) is 5.91 Å². The van der Waals surface area contributed by atoms with Gasteiger partial charge in [0, 0.05) is 22.9 Å². The summed E-state index contributed by atoms with van der Waals surface area (Å²) in [5, 5.41) is 8.25. The molecule has 0 saturated heterocycles. The summed E-state index contributed by atoms with van der Waals surface area (Å²) in [5.74, 6) is 1.22. The monoisotopic (exact) mass is 379 g/mol. The fraction of sp³-hybridized carbons (Fsp3) is 0.273. The van der Waals surface area contributed by atoms with E-state index >= 15 is 0 Å². The Hall–Kier alpha value is -2.59. The first kappa shape index (κ1) is 17.8. The standard InChI is InChI=1S/C22H22ClN3O/c1-13(2)15-7-9-16(10-8-15)17-11-21(27)25-22-18(17)12-24-26(22)20-6-4-5-19(23)14(20)3/h4-10,12-13,17H,11H2,1-3H3,(H,25,27). The normalized spacial score (nSPS) is 16.3. The van der Waals surface area contributed by atoms with E-state index in [-0.39, 0.29) is 11.8 Å². The van der Waals surface area contributed by atoms with E-state index in [1.807, 2.05) is 31.3 Å². The van der Waals surface area contributed by atoms with Gasteiger partial charge >= 0.3 is 0 Å². The van der Waals surface area contributed by atoms with Crippen LogP contribution < -0.4 is 5.32 Å². The van der Waals surface area contributed by atoms with Crippen molar-refractivity contribution in [3.8, 4) is 5.69 Å². The number of benzene rings is 2. The van der Waals surface area contributed by atoms with E-state index in [4.69, 9.17) is 11.6 Å². The van der Waals surface area contributed by atoms with Crippen molar-refractivity contribution in [3.05, 3.63) is 75.9 Å². The SMILES string of the molecule is Cc1c(Cl)cccc1-n1ncc2c1NC(=O)CC2c1ccc(C(C)C)cc1. The van der Waals surface area contributed by atoms with Crippen molar-refractivity contribution >= 4 is 23.3 Å². The fourth-order valence-electron chi connectivity index (χ4n) is 3.64. The Kier molecular flexibility index (Phi) is 4.52. The predicted octanol–water partition coefficient (Wildman–Crippen LogP) is 5.43. The number of anilines is 1. The molecule has 0 fully saturated rings. The van der Waals surface area contributed by atoms with Gasteiger partial charge in [-0.2, -0.15) is 5.10 Å². The lowest BCUT2D eigenvalue weighted by Gasteiger charge is -2.24. The van der Waals surface area contributed by atoms with E-state index in [0.29, 0.717) is 17.4 Å². The number of halogens is 1. The summed E-state index contributed by atoms with van der Waals surface area (Å²) in [4.78, 5) is 12.4. The van der Waals surface area contributed by atoms with Crippen molar-refractivity contribution in [2.24, 2.45) is 0 Å². The van der Waals surface area contributed by atoms with Crippen LogP contribution in [0.2, 0.25) is 5.02 Å². The van der Waals surface area contributed by atoms with Gasteiger partial charge in [0.05, 0.1) is 11.9 Å². The van der Waals surface area contributed by atoms with E-state index in [2.05, 4.69) is 48.5 Å². The van der Waals surface area contributed by atoms with Gasteiger partial charge in [-0.25, -0.2) is 4.68 Å². The summed E-state index contributed by atoms with van der Waals surface area (Å²) in [5.41, 5.74) is 5.27. The number of amides is 1. The average molecular weight is 380 g/mol. The fourth-order valence-corrected chi connectivity index (χ4v) is 3.81. The third-order valence-corrected chi connectivity index (χ3v) is 5.70. The first-order valence-electron chi connectivity index (χ1n) is 9.19. The Morgan fingerprint density at radius 3 is 2.63 bits per heavy atom. The average Bonchev–Trinajstić information content (AvgIpc) is 3.07. The maximum absolute atomic E-state index is 12.4. The molecule has 4 nitrogen and oxygen atoms in total. The topological polar surface area (TPSA) is 46.9 Å². The Morgan fingerprint density at radius 1 is 1.19 bits per heavy atom. The van der Waals surface area contributed by atoms with Gasteiger partial charge in [-0.1, -0.05) is 55.8 Å². The van der Waals surface area contributed by atoms with Crippen LogP contribution in [0.25, 0.3) is 5.69 Å². The van der Waals surface area contributed by atoms with Gasteiger partial charge in [-0.3, -0.25) is 4.79 Å². The van der Waals surface area contributed by atoms with Crippen molar-refractivity contribution < 1.29 is 4.79 Å². The number of fused-ring (bicyclic) bond motifs is 1. The molecule has 0 spiro atoms. The summed E-state index contributed by atoms with van der Waals surface area (Å²) in [7, 11) is 0. The minimum absolute atomic E-state index is 0.00173. The van der Waals surface area contributed by atoms with Gasteiger partial charge in [0.1, 0.15) is 5.82 Å². The predicted molar refractivity (Wildman–Crippen MR) is 109 cm³/mol. The third-order valence-electron chi connectivity index (χ3n) is 5.29. The molecule has 3 aromatic rings. The van der Waals surface area contributed by atoms with Crippen LogP contribution in [0.1, 0.15) is 54.4 Å². The lowest BCUT2D eigenvalue weighted by Crippen LogP contribution is -2.24. The van der Waals surface area contributed by atoms with Crippen LogP contribution in [-0.4, -0.2) is 15.7 Å². The highest BCUT2D eigenvalue weighted by Crippen LogP contribution is 2.39. The van der Waals surface area contributed by atoms with Crippen molar-refractivity contribution in [3.63, 3.8) is 0 Å².